The number of halogens is 2. The number of benzene rings is 2. The minimum atomic E-state index is -0.701. The summed E-state index contributed by atoms with van der Waals surface area (Å²) in [6.07, 6.45) is 0. The van der Waals surface area contributed by atoms with Gasteiger partial charge in [0.05, 0.1) is 21.7 Å². The molecule has 0 bridgehead atoms. The molecule has 1 aliphatic rings. The average Bonchev–Trinajstić information content (AvgIpc) is 3.05. The Bertz CT molecular complexity index is 1100. The molecule has 1 aliphatic heterocycles. The second-order valence-electron chi connectivity index (χ2n) is 9.52. The van der Waals surface area contributed by atoms with Gasteiger partial charge in [-0.2, -0.15) is 0 Å². The van der Waals surface area contributed by atoms with Crippen LogP contribution in [0.4, 0.5) is 0 Å². The van der Waals surface area contributed by atoms with Crippen molar-refractivity contribution < 1.29 is 14.7 Å². The van der Waals surface area contributed by atoms with Gasteiger partial charge in [-0.3, -0.25) is 9.59 Å². The molecule has 1 atom stereocenters. The molecule has 0 spiro atoms. The Morgan fingerprint density at radius 1 is 1.00 bits per heavy atom. The predicted molar refractivity (Wildman–Crippen MR) is 138 cm³/mol. The molecule has 3 rings (SSSR count). The van der Waals surface area contributed by atoms with Crippen LogP contribution in [-0.4, -0.2) is 52.8 Å². The number of carbonyl (C=O) groups excluding carboxylic acids is 2. The molecule has 1 heterocycles. The maximum Gasteiger partial charge on any atom is 0.295 e. The second kappa shape index (κ2) is 10.5. The molecular weight excluding hydrogens is 471 g/mol. The van der Waals surface area contributed by atoms with E-state index in [2.05, 4.69) is 39.5 Å². The highest BCUT2D eigenvalue weighted by atomic mass is 35.5. The first kappa shape index (κ1) is 26.3. The standard InChI is InChI=1S/C27H32Cl2N2O3/c1-6-30(7-2)14-15-31-23(17-8-11-19(12-9-17)27(3,4)5)22(25(33)26(31)34)24(32)18-10-13-20(28)21(29)16-18/h8-13,16,23,32H,6-7,14-15H2,1-5H3/b24-22-. The van der Waals surface area contributed by atoms with Crippen molar-refractivity contribution in [3.63, 3.8) is 0 Å². The molecule has 7 heteroatoms. The lowest BCUT2D eigenvalue weighted by molar-refractivity contribution is -0.140. The predicted octanol–water partition coefficient (Wildman–Crippen LogP) is 6.05. The number of aliphatic hydroxyl groups is 1. The minimum absolute atomic E-state index is 0.0385. The van der Waals surface area contributed by atoms with Crippen molar-refractivity contribution in [2.24, 2.45) is 0 Å². The third-order valence-electron chi connectivity index (χ3n) is 6.38. The van der Waals surface area contributed by atoms with Crippen LogP contribution >= 0.6 is 23.2 Å². The Hall–Kier alpha value is -2.34. The van der Waals surface area contributed by atoms with Gasteiger partial charge >= 0.3 is 0 Å². The molecule has 0 radical (unpaired) electrons. The lowest BCUT2D eigenvalue weighted by Crippen LogP contribution is -2.38. The number of carbonyl (C=O) groups is 2. The molecule has 34 heavy (non-hydrogen) atoms. The molecule has 5 nitrogen and oxygen atoms in total. The third kappa shape index (κ3) is 5.32. The zero-order chi connectivity index (χ0) is 25.2. The van der Waals surface area contributed by atoms with Crippen LogP contribution in [0.2, 0.25) is 10.0 Å². The first-order valence-electron chi connectivity index (χ1n) is 11.6. The van der Waals surface area contributed by atoms with Crippen molar-refractivity contribution in [1.82, 2.24) is 9.80 Å². The number of amides is 1. The lowest BCUT2D eigenvalue weighted by atomic mass is 9.85. The van der Waals surface area contributed by atoms with E-state index < -0.39 is 17.7 Å². The molecule has 1 N–H and O–H groups in total. The van der Waals surface area contributed by atoms with Crippen molar-refractivity contribution in [3.8, 4) is 0 Å². The highest BCUT2D eigenvalue weighted by molar-refractivity contribution is 6.46. The summed E-state index contributed by atoms with van der Waals surface area (Å²) in [6.45, 7) is 13.2. The number of nitrogens with zero attached hydrogens (tertiary/aromatic N) is 2. The topological polar surface area (TPSA) is 60.9 Å². The van der Waals surface area contributed by atoms with Crippen LogP contribution in [0.25, 0.3) is 5.76 Å². The van der Waals surface area contributed by atoms with Crippen molar-refractivity contribution in [1.29, 1.82) is 0 Å². The van der Waals surface area contributed by atoms with Gasteiger partial charge in [0.2, 0.25) is 0 Å². The maximum absolute atomic E-state index is 13.2. The van der Waals surface area contributed by atoms with Crippen molar-refractivity contribution in [2.75, 3.05) is 26.2 Å². The molecule has 182 valence electrons. The van der Waals surface area contributed by atoms with Gasteiger partial charge in [-0.05, 0) is 47.8 Å². The number of ketones is 1. The van der Waals surface area contributed by atoms with Crippen LogP contribution in [0.3, 0.4) is 0 Å². The fourth-order valence-corrected chi connectivity index (χ4v) is 4.51. The summed E-state index contributed by atoms with van der Waals surface area (Å²) in [4.78, 5) is 30.1. The SMILES string of the molecule is CCN(CC)CCN1C(=O)C(=O)/C(=C(\O)c2ccc(Cl)c(Cl)c2)C1c1ccc(C(C)(C)C)cc1. The lowest BCUT2D eigenvalue weighted by Gasteiger charge is -2.28. The van der Waals surface area contributed by atoms with E-state index in [1.807, 2.05) is 24.3 Å². The van der Waals surface area contributed by atoms with E-state index in [4.69, 9.17) is 23.2 Å². The molecule has 1 saturated heterocycles. The summed E-state index contributed by atoms with van der Waals surface area (Å²) in [5, 5.41) is 11.8. The second-order valence-corrected chi connectivity index (χ2v) is 10.3. The van der Waals surface area contributed by atoms with Gasteiger partial charge in [-0.15, -0.1) is 0 Å². The smallest absolute Gasteiger partial charge is 0.295 e. The third-order valence-corrected chi connectivity index (χ3v) is 7.12. The van der Waals surface area contributed by atoms with E-state index in [1.54, 1.807) is 17.0 Å². The van der Waals surface area contributed by atoms with Crippen molar-refractivity contribution in [2.45, 2.75) is 46.1 Å². The fourth-order valence-electron chi connectivity index (χ4n) is 4.21. The van der Waals surface area contributed by atoms with E-state index >= 15 is 0 Å². The summed E-state index contributed by atoms with van der Waals surface area (Å²) < 4.78 is 0. The van der Waals surface area contributed by atoms with E-state index in [0.717, 1.165) is 24.2 Å². The molecule has 1 unspecified atom stereocenters. The van der Waals surface area contributed by atoms with E-state index in [1.165, 1.54) is 6.07 Å². The van der Waals surface area contributed by atoms with Gasteiger partial charge in [0.15, 0.2) is 0 Å². The Kier molecular flexibility index (Phi) is 8.12. The van der Waals surface area contributed by atoms with Gasteiger partial charge < -0.3 is 14.9 Å². The highest BCUT2D eigenvalue weighted by Gasteiger charge is 2.46. The van der Waals surface area contributed by atoms with E-state index in [9.17, 15) is 14.7 Å². The zero-order valence-corrected chi connectivity index (χ0v) is 21.9. The van der Waals surface area contributed by atoms with E-state index in [-0.39, 0.29) is 21.8 Å². The van der Waals surface area contributed by atoms with Gasteiger partial charge in [-0.1, -0.05) is 82.1 Å². The first-order chi connectivity index (χ1) is 16.0. The summed E-state index contributed by atoms with van der Waals surface area (Å²) in [6, 6.07) is 11.8. The first-order valence-corrected chi connectivity index (χ1v) is 12.3. The van der Waals surface area contributed by atoms with Gasteiger partial charge in [0.25, 0.3) is 11.7 Å². The normalized spacial score (nSPS) is 18.2. The van der Waals surface area contributed by atoms with Crippen LogP contribution in [0.1, 0.15) is 57.4 Å². The van der Waals surface area contributed by atoms with Gasteiger partial charge in [-0.25, -0.2) is 0 Å². The van der Waals surface area contributed by atoms with Crippen molar-refractivity contribution >= 4 is 40.7 Å². The minimum Gasteiger partial charge on any atom is -0.507 e. The Labute approximate surface area is 212 Å². The number of Topliss-reactive ketones (excluding diaryl/α,β-unsaturated/α-hetero) is 1. The summed E-state index contributed by atoms with van der Waals surface area (Å²) >= 11 is 12.2. The van der Waals surface area contributed by atoms with Crippen LogP contribution < -0.4 is 0 Å². The van der Waals surface area contributed by atoms with Crippen LogP contribution in [0.15, 0.2) is 48.0 Å². The number of aliphatic hydroxyl groups excluding tert-OH is 1. The largest absolute Gasteiger partial charge is 0.507 e. The number of hydrogen-bond donors (Lipinski definition) is 1. The zero-order valence-electron chi connectivity index (χ0n) is 20.4. The molecule has 0 aliphatic carbocycles. The summed E-state index contributed by atoms with van der Waals surface area (Å²) in [7, 11) is 0. The molecule has 1 fully saturated rings. The number of likely N-dealkylation sites (tertiary alicyclic amines) is 1. The Morgan fingerprint density at radius 2 is 1.62 bits per heavy atom. The maximum atomic E-state index is 13.2. The van der Waals surface area contributed by atoms with Gasteiger partial charge in [0, 0.05) is 18.7 Å². The number of rotatable bonds is 7. The monoisotopic (exact) mass is 502 g/mol. The van der Waals surface area contributed by atoms with Crippen LogP contribution in [-0.2, 0) is 15.0 Å². The summed E-state index contributed by atoms with van der Waals surface area (Å²) in [5.74, 6) is -1.57. The highest BCUT2D eigenvalue weighted by Crippen LogP contribution is 2.40. The van der Waals surface area contributed by atoms with E-state index in [0.29, 0.717) is 23.7 Å². The van der Waals surface area contributed by atoms with Crippen molar-refractivity contribution in [3.05, 3.63) is 74.8 Å². The number of likely N-dealkylation sites (N-methyl/N-ethyl adjacent to an activating group) is 1. The molecule has 2 aromatic carbocycles. The van der Waals surface area contributed by atoms with Crippen LogP contribution in [0.5, 0.6) is 0 Å². The molecule has 2 aromatic rings. The molecular formula is C27H32Cl2N2O3. The van der Waals surface area contributed by atoms with Crippen LogP contribution in [0, 0.1) is 0 Å². The quantitative estimate of drug-likeness (QED) is 0.284. The molecule has 0 aromatic heterocycles. The molecule has 0 saturated carbocycles. The Morgan fingerprint density at radius 3 is 2.15 bits per heavy atom. The Balaban J connectivity index is 2.13. The molecule has 1 amide bonds. The fraction of sp³-hybridized carbons (Fsp3) is 0.407. The number of hydrogen-bond acceptors (Lipinski definition) is 4. The summed E-state index contributed by atoms with van der Waals surface area (Å²) in [5.41, 5.74) is 2.27. The average molecular weight is 503 g/mol. The van der Waals surface area contributed by atoms with Gasteiger partial charge in [0.1, 0.15) is 5.76 Å².